The summed E-state index contributed by atoms with van der Waals surface area (Å²) in [5.41, 5.74) is -0.253. The molecule has 6 heteroatoms. The average Bonchev–Trinajstić information content (AvgIpc) is 2.47. The summed E-state index contributed by atoms with van der Waals surface area (Å²) in [4.78, 5) is 14.5. The Morgan fingerprint density at radius 1 is 1.48 bits per heavy atom. The first-order chi connectivity index (χ1) is 10.9. The van der Waals surface area contributed by atoms with Crippen LogP contribution in [0.4, 0.5) is 4.39 Å². The molecule has 0 saturated carbocycles. The second-order valence-electron chi connectivity index (χ2n) is 6.19. The molecule has 1 aromatic rings. The van der Waals surface area contributed by atoms with E-state index < -0.39 is 11.4 Å². The van der Waals surface area contributed by atoms with E-state index in [1.165, 1.54) is 12.1 Å². The number of carbonyl (C=O) groups excluding carboxylic acids is 1. The number of para-hydroxylation sites is 1. The second-order valence-corrected chi connectivity index (χ2v) is 6.19. The van der Waals surface area contributed by atoms with Gasteiger partial charge in [0.1, 0.15) is 0 Å². The topological polar surface area (TPSA) is 48.0 Å². The van der Waals surface area contributed by atoms with Crippen molar-refractivity contribution in [1.82, 2.24) is 4.90 Å². The van der Waals surface area contributed by atoms with E-state index in [4.69, 9.17) is 14.2 Å². The number of morpholine rings is 1. The molecule has 1 aromatic carbocycles. The van der Waals surface area contributed by atoms with E-state index in [1.54, 1.807) is 25.0 Å². The van der Waals surface area contributed by atoms with Gasteiger partial charge in [-0.1, -0.05) is 6.07 Å². The maximum Gasteiger partial charge on any atom is 0.257 e. The van der Waals surface area contributed by atoms with Gasteiger partial charge < -0.3 is 19.1 Å². The summed E-state index contributed by atoms with van der Waals surface area (Å²) in [5, 5.41) is 0. The van der Waals surface area contributed by atoms with Crippen molar-refractivity contribution in [1.29, 1.82) is 0 Å². The van der Waals surface area contributed by atoms with E-state index in [0.29, 0.717) is 26.3 Å². The van der Waals surface area contributed by atoms with E-state index in [9.17, 15) is 9.18 Å². The van der Waals surface area contributed by atoms with Gasteiger partial charge in [0, 0.05) is 20.2 Å². The lowest BCUT2D eigenvalue weighted by Crippen LogP contribution is -2.55. The fourth-order valence-corrected chi connectivity index (χ4v) is 2.86. The summed E-state index contributed by atoms with van der Waals surface area (Å²) in [5.74, 6) is -0.781. The van der Waals surface area contributed by atoms with Crippen LogP contribution in [0.3, 0.4) is 0 Å². The highest BCUT2D eigenvalue weighted by molar-refractivity contribution is 5.97. The largest absolute Gasteiger partial charge is 0.490 e. The SMILES string of the molecule is CCOc1c(F)cccc1C(=O)N1C[C@@H](COC)OC(C)(C)C1. The molecular weight excluding hydrogens is 301 g/mol. The Morgan fingerprint density at radius 2 is 2.22 bits per heavy atom. The van der Waals surface area contributed by atoms with E-state index >= 15 is 0 Å². The molecule has 5 nitrogen and oxygen atoms in total. The first kappa shape index (κ1) is 17.7. The van der Waals surface area contributed by atoms with E-state index in [0.717, 1.165) is 0 Å². The van der Waals surface area contributed by atoms with Crippen LogP contribution < -0.4 is 4.74 Å². The van der Waals surface area contributed by atoms with Gasteiger partial charge in [0.05, 0.1) is 30.5 Å². The minimum atomic E-state index is -0.529. The molecule has 0 N–H and O–H groups in total. The van der Waals surface area contributed by atoms with Crippen LogP contribution in [0.1, 0.15) is 31.1 Å². The maximum atomic E-state index is 14.0. The summed E-state index contributed by atoms with van der Waals surface area (Å²) < 4.78 is 30.4. The molecule has 1 aliphatic heterocycles. The third-order valence-electron chi connectivity index (χ3n) is 3.61. The number of methoxy groups -OCH3 is 1. The van der Waals surface area contributed by atoms with Crippen LogP contribution in [-0.2, 0) is 9.47 Å². The number of hydrogen-bond donors (Lipinski definition) is 0. The summed E-state index contributed by atoms with van der Waals surface area (Å²) in [6, 6.07) is 4.40. The maximum absolute atomic E-state index is 14.0. The highest BCUT2D eigenvalue weighted by Gasteiger charge is 2.36. The van der Waals surface area contributed by atoms with Crippen molar-refractivity contribution in [2.45, 2.75) is 32.5 Å². The Labute approximate surface area is 136 Å². The number of amides is 1. The Kier molecular flexibility index (Phi) is 5.59. The normalized spacial score (nSPS) is 20.4. The lowest BCUT2D eigenvalue weighted by atomic mass is 10.0. The zero-order valence-electron chi connectivity index (χ0n) is 14.1. The molecule has 0 bridgehead atoms. The molecule has 128 valence electrons. The fraction of sp³-hybridized carbons (Fsp3) is 0.588. The molecule has 0 aliphatic carbocycles. The van der Waals surface area contributed by atoms with Crippen LogP contribution in [-0.4, -0.2) is 55.9 Å². The molecule has 1 atom stereocenters. The van der Waals surface area contributed by atoms with E-state index in [-0.39, 0.29) is 23.3 Å². The highest BCUT2D eigenvalue weighted by atomic mass is 19.1. The van der Waals surface area contributed by atoms with Crippen molar-refractivity contribution in [3.05, 3.63) is 29.6 Å². The average molecular weight is 325 g/mol. The number of carbonyl (C=O) groups is 1. The van der Waals surface area contributed by atoms with Crippen LogP contribution in [0.15, 0.2) is 18.2 Å². The Hall–Kier alpha value is -1.66. The van der Waals surface area contributed by atoms with Crippen molar-refractivity contribution in [3.63, 3.8) is 0 Å². The first-order valence-electron chi connectivity index (χ1n) is 7.75. The van der Waals surface area contributed by atoms with Crippen molar-refractivity contribution in [2.75, 3.05) is 33.4 Å². The fourth-order valence-electron chi connectivity index (χ4n) is 2.86. The van der Waals surface area contributed by atoms with Crippen molar-refractivity contribution >= 4 is 5.91 Å². The smallest absolute Gasteiger partial charge is 0.257 e. The number of rotatable bonds is 5. The zero-order chi connectivity index (χ0) is 17.0. The monoisotopic (exact) mass is 325 g/mol. The molecule has 0 spiro atoms. The molecular formula is C17H24FNO4. The number of ether oxygens (including phenoxy) is 3. The molecule has 0 unspecified atom stereocenters. The van der Waals surface area contributed by atoms with Crippen LogP contribution >= 0.6 is 0 Å². The number of benzene rings is 1. The van der Waals surface area contributed by atoms with Gasteiger partial charge in [0.2, 0.25) is 0 Å². The molecule has 1 fully saturated rings. The molecule has 1 heterocycles. The quantitative estimate of drug-likeness (QED) is 0.834. The van der Waals surface area contributed by atoms with Gasteiger partial charge >= 0.3 is 0 Å². The minimum absolute atomic E-state index is 0.00703. The molecule has 1 aliphatic rings. The number of hydrogen-bond acceptors (Lipinski definition) is 4. The second kappa shape index (κ2) is 7.27. The molecule has 1 amide bonds. The van der Waals surface area contributed by atoms with Gasteiger partial charge in [-0.25, -0.2) is 4.39 Å². The third-order valence-corrected chi connectivity index (χ3v) is 3.61. The molecule has 0 aromatic heterocycles. The van der Waals surface area contributed by atoms with E-state index in [2.05, 4.69) is 0 Å². The van der Waals surface area contributed by atoms with Crippen LogP contribution in [0.5, 0.6) is 5.75 Å². The summed E-state index contributed by atoms with van der Waals surface area (Å²) in [7, 11) is 1.59. The molecule has 2 rings (SSSR count). The third kappa shape index (κ3) is 4.20. The van der Waals surface area contributed by atoms with Gasteiger partial charge in [0.25, 0.3) is 5.91 Å². The first-order valence-corrected chi connectivity index (χ1v) is 7.75. The zero-order valence-corrected chi connectivity index (χ0v) is 14.1. The summed E-state index contributed by atoms with van der Waals surface area (Å²) in [6.45, 7) is 7.12. The lowest BCUT2D eigenvalue weighted by Gasteiger charge is -2.42. The molecule has 1 saturated heterocycles. The van der Waals surface area contributed by atoms with Crippen LogP contribution in [0, 0.1) is 5.82 Å². The van der Waals surface area contributed by atoms with Gasteiger partial charge in [0.15, 0.2) is 11.6 Å². The summed E-state index contributed by atoms with van der Waals surface area (Å²) in [6.07, 6.45) is -0.211. The predicted molar refractivity (Wildman–Crippen MR) is 84.3 cm³/mol. The van der Waals surface area contributed by atoms with Crippen molar-refractivity contribution in [2.24, 2.45) is 0 Å². The van der Waals surface area contributed by atoms with Crippen molar-refractivity contribution < 1.29 is 23.4 Å². The molecule has 23 heavy (non-hydrogen) atoms. The molecule has 0 radical (unpaired) electrons. The van der Waals surface area contributed by atoms with Crippen LogP contribution in [0.25, 0.3) is 0 Å². The van der Waals surface area contributed by atoms with Gasteiger partial charge in [-0.15, -0.1) is 0 Å². The van der Waals surface area contributed by atoms with Gasteiger partial charge in [-0.05, 0) is 32.9 Å². The lowest BCUT2D eigenvalue weighted by molar-refractivity contribution is -0.143. The Morgan fingerprint density at radius 3 is 2.87 bits per heavy atom. The Balaban J connectivity index is 2.27. The predicted octanol–water partition coefficient (Wildman–Crippen LogP) is 2.49. The van der Waals surface area contributed by atoms with Gasteiger partial charge in [-0.3, -0.25) is 4.79 Å². The van der Waals surface area contributed by atoms with Crippen LogP contribution in [0.2, 0.25) is 0 Å². The minimum Gasteiger partial charge on any atom is -0.490 e. The number of halogens is 1. The Bertz CT molecular complexity index is 562. The summed E-state index contributed by atoms with van der Waals surface area (Å²) >= 11 is 0. The van der Waals surface area contributed by atoms with Crippen molar-refractivity contribution in [3.8, 4) is 5.75 Å². The number of nitrogens with zero attached hydrogens (tertiary/aromatic N) is 1. The highest BCUT2D eigenvalue weighted by Crippen LogP contribution is 2.27. The van der Waals surface area contributed by atoms with E-state index in [1.807, 2.05) is 13.8 Å². The van der Waals surface area contributed by atoms with Gasteiger partial charge in [-0.2, -0.15) is 0 Å². The standard InChI is InChI=1S/C17H24FNO4/c1-5-22-15-13(7-6-8-14(15)18)16(20)19-9-12(10-21-4)23-17(2,3)11-19/h6-8,12H,5,9-11H2,1-4H3/t12-/m0/s1.